The van der Waals surface area contributed by atoms with Crippen LogP contribution in [0.25, 0.3) is 30.6 Å². The van der Waals surface area contributed by atoms with Gasteiger partial charge in [-0.15, -0.1) is 34.0 Å². The molecule has 26 heteroatoms. The molecule has 0 aliphatic carbocycles. The first-order chi connectivity index (χ1) is 33.5. The van der Waals surface area contributed by atoms with Crippen LogP contribution < -0.4 is 33.7 Å². The summed E-state index contributed by atoms with van der Waals surface area (Å²) in [6, 6.07) is 7.65. The minimum atomic E-state index is -1.42. The third-order valence-electron chi connectivity index (χ3n) is 12.0. The number of nitrogens with zero attached hydrogens (tertiary/aromatic N) is 5. The number of aromatic amines is 3. The number of aliphatic hydroxyl groups excluding tert-OH is 3. The van der Waals surface area contributed by atoms with Crippen molar-refractivity contribution in [3.05, 3.63) is 96.9 Å². The number of H-pyrrole nitrogens is 3. The Balaban J connectivity index is 0.000000163. The van der Waals surface area contributed by atoms with Gasteiger partial charge in [0.2, 0.25) is 0 Å². The number of aromatic nitrogens is 6. The average molecular weight is 1050 g/mol. The molecule has 3 aliphatic rings. The minimum Gasteiger partial charge on any atom is -0.394 e. The van der Waals surface area contributed by atoms with Crippen LogP contribution in [0.1, 0.15) is 98.8 Å². The number of aliphatic hydroxyl groups is 3. The molecule has 9 rings (SSSR count). The highest BCUT2D eigenvalue weighted by molar-refractivity contribution is 7.44. The third kappa shape index (κ3) is 11.2. The summed E-state index contributed by atoms with van der Waals surface area (Å²) >= 11 is 3.81. The number of fused-ring (bicyclic) bond motifs is 3. The van der Waals surface area contributed by atoms with E-state index >= 15 is 0 Å². The molecule has 0 spiro atoms. The highest BCUT2D eigenvalue weighted by atomic mass is 32.1. The Kier molecular flexibility index (Phi) is 17.8. The molecule has 0 saturated carbocycles. The molecule has 6 aromatic rings. The molecule has 22 nitrogen and oxygen atoms in total. The molecule has 4 unspecified atom stereocenters. The Morgan fingerprint density at radius 3 is 1.47 bits per heavy atom. The summed E-state index contributed by atoms with van der Waals surface area (Å²) < 4.78 is 37.8. The van der Waals surface area contributed by atoms with E-state index in [0.29, 0.717) is 62.9 Å². The fourth-order valence-corrected chi connectivity index (χ4v) is 12.9. The molecule has 0 radical (unpaired) electrons. The zero-order valence-corrected chi connectivity index (χ0v) is 42.6. The maximum atomic E-state index is 12.7. The predicted octanol–water partition coefficient (Wildman–Crippen LogP) is 4.31. The molecule has 6 aromatic heterocycles. The van der Waals surface area contributed by atoms with Crippen molar-refractivity contribution in [2.75, 3.05) is 13.2 Å². The summed E-state index contributed by atoms with van der Waals surface area (Å²) in [4.78, 5) is 78.9. The van der Waals surface area contributed by atoms with Crippen molar-refractivity contribution in [2.24, 2.45) is 0 Å². The summed E-state index contributed by atoms with van der Waals surface area (Å²) in [5.41, 5.74) is -1.13. The van der Waals surface area contributed by atoms with Gasteiger partial charge >= 0.3 is 17.1 Å². The molecule has 6 N–H and O–H groups in total. The van der Waals surface area contributed by atoms with Crippen LogP contribution in [0.4, 0.5) is 0 Å². The fraction of sp³-hybridized carbons (Fsp3) is 0.568. The number of ether oxygens (including phenoxy) is 3. The van der Waals surface area contributed by atoms with Crippen molar-refractivity contribution in [3.8, 4) is 6.07 Å². The van der Waals surface area contributed by atoms with E-state index in [1.165, 1.54) is 47.7 Å². The van der Waals surface area contributed by atoms with Gasteiger partial charge in [0.05, 0.1) is 72.8 Å². The van der Waals surface area contributed by atoms with Crippen molar-refractivity contribution in [1.82, 2.24) is 33.3 Å². The van der Waals surface area contributed by atoms with Crippen LogP contribution in [-0.2, 0) is 23.3 Å². The minimum absolute atomic E-state index is 0.189. The summed E-state index contributed by atoms with van der Waals surface area (Å²) in [7, 11) is -1.42. The Hall–Kier alpha value is -4.52. The molecule has 3 saturated heterocycles. The zero-order valence-electron chi connectivity index (χ0n) is 39.2. The number of nitrogens with one attached hydrogen (secondary N) is 3. The smallest absolute Gasteiger partial charge is 0.331 e. The van der Waals surface area contributed by atoms with E-state index < -0.39 is 68.2 Å². The lowest BCUT2D eigenvalue weighted by atomic mass is 10.1. The van der Waals surface area contributed by atoms with E-state index in [2.05, 4.69) is 53.4 Å². The van der Waals surface area contributed by atoms with Crippen LogP contribution in [0.3, 0.4) is 0 Å². The summed E-state index contributed by atoms with van der Waals surface area (Å²) in [6.07, 6.45) is -1.97. The van der Waals surface area contributed by atoms with Gasteiger partial charge in [0.1, 0.15) is 38.9 Å². The van der Waals surface area contributed by atoms with Gasteiger partial charge in [-0.25, -0.2) is 19.1 Å². The van der Waals surface area contributed by atoms with Gasteiger partial charge in [0, 0.05) is 31.3 Å². The van der Waals surface area contributed by atoms with Crippen LogP contribution in [0.15, 0.2) is 63.1 Å². The van der Waals surface area contributed by atoms with Gasteiger partial charge < -0.3 is 38.6 Å². The lowest BCUT2D eigenvalue weighted by Crippen LogP contribution is -2.35. The van der Waals surface area contributed by atoms with Crippen molar-refractivity contribution >= 4 is 73.2 Å². The van der Waals surface area contributed by atoms with Crippen LogP contribution in [0.2, 0.25) is 0 Å². The second-order valence-corrected chi connectivity index (χ2v) is 21.4. The lowest BCUT2D eigenvalue weighted by molar-refractivity contribution is -0.0443. The average Bonchev–Trinajstić information content (AvgIpc) is 4.18. The Labute approximate surface area is 412 Å². The van der Waals surface area contributed by atoms with E-state index in [0.717, 1.165) is 0 Å². The van der Waals surface area contributed by atoms with Crippen molar-refractivity contribution < 1.29 is 38.6 Å². The second-order valence-electron chi connectivity index (χ2n) is 17.2. The standard InChI is InChI=1S/C21H31N4O5PS.C12H14N2O4S.C11H12N2O5S/c1-6-16-17(30-31(28-10-7-9-22)25(13(2)3)14(4)5)12-18(29-16)24-15-8-11-32-19(15)20(26)23-21(24)27;1-2-8-7(15)5-9(18-8)14-6-3-4-19-10(6)11(16)13-12(14)17;14-4-7-6(15)3-8(18-7)13-5-1-2-19-9(5)10(16)12-11(13)17/h8,11,13-14,16-18H,6-7,10,12H2,1-5H3,(H,23,26,27);3-4,7-9,15H,2,5H2,1H3,(H,13,16,17);1-2,6-8,14-15H,3-4H2,(H,12,16,17)/t16-,17?,18-,31?;7?,8-,9-;6?,7-,8-/m111/s1. The summed E-state index contributed by atoms with van der Waals surface area (Å²) in [5, 5.41) is 42.8. The molecule has 10 atom stereocenters. The van der Waals surface area contributed by atoms with Crippen LogP contribution in [0.5, 0.6) is 0 Å². The van der Waals surface area contributed by atoms with E-state index in [1.54, 1.807) is 34.3 Å². The normalized spacial score (nSPS) is 24.9. The van der Waals surface area contributed by atoms with Gasteiger partial charge in [0.15, 0.2) is 0 Å². The number of hydrogen-bond donors (Lipinski definition) is 6. The summed E-state index contributed by atoms with van der Waals surface area (Å²) in [6.45, 7) is 12.3. The van der Waals surface area contributed by atoms with E-state index in [-0.39, 0.29) is 61.0 Å². The number of rotatable bonds is 14. The molecule has 70 heavy (non-hydrogen) atoms. The number of nitriles is 1. The van der Waals surface area contributed by atoms with Gasteiger partial charge in [-0.1, -0.05) is 13.8 Å². The fourth-order valence-electron chi connectivity index (χ4n) is 8.83. The topological polar surface area (TPSA) is 298 Å². The van der Waals surface area contributed by atoms with Gasteiger partial charge in [-0.3, -0.25) is 43.0 Å². The molecule has 380 valence electrons. The van der Waals surface area contributed by atoms with Crippen LogP contribution in [-0.4, -0.2) is 111 Å². The monoisotopic (exact) mass is 1050 g/mol. The SMILES string of the molecule is CC[C@H]1O[C@@H](n2c(=O)[nH]c(=O)c3sccc32)CC1O.CC[C@H]1O[C@@H](n2c(=O)[nH]c(=O)c3sccc32)CC1OP(OCCC#N)N(C(C)C)C(C)C.O=c1[nH]c(=O)n([C@H]2CC(O)[C@@H](CO)O2)c2ccsc12. The van der Waals surface area contributed by atoms with E-state index in [1.807, 2.05) is 13.8 Å². The largest absolute Gasteiger partial charge is 0.394 e. The molecule has 3 fully saturated rings. The molecular formula is C44H57N8O14PS3. The number of thiophene rings is 3. The first kappa shape index (κ1) is 53.3. The first-order valence-electron chi connectivity index (χ1n) is 22.9. The van der Waals surface area contributed by atoms with E-state index in [9.17, 15) is 39.0 Å². The molecule has 0 amide bonds. The first-order valence-corrected chi connectivity index (χ1v) is 26.6. The molecule has 0 aromatic carbocycles. The summed E-state index contributed by atoms with van der Waals surface area (Å²) in [5.74, 6) is 0. The maximum absolute atomic E-state index is 12.7. The van der Waals surface area contributed by atoms with Crippen molar-refractivity contribution in [1.29, 1.82) is 5.26 Å². The third-order valence-corrected chi connectivity index (χ3v) is 16.8. The van der Waals surface area contributed by atoms with Crippen LogP contribution in [0, 0.1) is 11.3 Å². The highest BCUT2D eigenvalue weighted by Gasteiger charge is 2.42. The maximum Gasteiger partial charge on any atom is 0.331 e. The van der Waals surface area contributed by atoms with Crippen LogP contribution >= 0.6 is 42.5 Å². The number of hydrogen-bond acceptors (Lipinski definition) is 19. The predicted molar refractivity (Wildman–Crippen MR) is 265 cm³/mol. The quantitative estimate of drug-likeness (QED) is 0.0654. The molecular weight excluding hydrogens is 992 g/mol. The highest BCUT2D eigenvalue weighted by Crippen LogP contribution is 2.50. The lowest BCUT2D eigenvalue weighted by Gasteiger charge is -2.37. The zero-order chi connectivity index (χ0) is 50.6. The Bertz CT molecular complexity index is 3020. The van der Waals surface area contributed by atoms with Gasteiger partial charge in [-0.05, 0) is 74.9 Å². The van der Waals surface area contributed by atoms with Crippen molar-refractivity contribution in [3.63, 3.8) is 0 Å². The van der Waals surface area contributed by atoms with Crippen molar-refractivity contribution in [2.45, 2.75) is 147 Å². The Morgan fingerprint density at radius 1 is 0.700 bits per heavy atom. The molecule has 9 heterocycles. The van der Waals surface area contributed by atoms with E-state index in [4.69, 9.17) is 33.6 Å². The Morgan fingerprint density at radius 2 is 1.10 bits per heavy atom. The molecule has 0 bridgehead atoms. The van der Waals surface area contributed by atoms with Gasteiger partial charge in [0.25, 0.3) is 25.2 Å². The molecule has 3 aliphatic heterocycles. The van der Waals surface area contributed by atoms with Gasteiger partial charge in [-0.2, -0.15) is 5.26 Å². The second kappa shape index (κ2) is 23.4.